The zero-order valence-electron chi connectivity index (χ0n) is 23.2. The number of para-hydroxylation sites is 1. The van der Waals surface area contributed by atoms with Crippen molar-refractivity contribution in [1.82, 2.24) is 10.2 Å². The predicted octanol–water partition coefficient (Wildman–Crippen LogP) is 7.61. The molecule has 3 atom stereocenters. The van der Waals surface area contributed by atoms with Crippen molar-refractivity contribution < 1.29 is 40.6 Å². The molecule has 1 heterocycles. The largest absolute Gasteiger partial charge is 0.496 e. The van der Waals surface area contributed by atoms with Crippen molar-refractivity contribution in [1.29, 1.82) is 0 Å². The average Bonchev–Trinajstić information content (AvgIpc) is 2.85. The van der Waals surface area contributed by atoms with Crippen LogP contribution in [0.1, 0.15) is 69.2 Å². The van der Waals surface area contributed by atoms with Gasteiger partial charge in [-0.05, 0) is 81.8 Å². The predicted molar refractivity (Wildman–Crippen MR) is 139 cm³/mol. The molecular weight excluding hydrogens is 538 g/mol. The number of rotatable bonds is 7. The van der Waals surface area contributed by atoms with E-state index in [1.807, 2.05) is 31.2 Å². The van der Waals surface area contributed by atoms with Crippen LogP contribution >= 0.6 is 0 Å². The first-order valence-electron chi connectivity index (χ1n) is 13.2. The molecule has 2 aromatic rings. The molecule has 1 N–H and O–H groups in total. The van der Waals surface area contributed by atoms with E-state index >= 15 is 0 Å². The highest BCUT2D eigenvalue weighted by Crippen LogP contribution is 2.37. The second-order valence-corrected chi connectivity index (χ2v) is 11.1. The number of piperidine rings is 1. The minimum atomic E-state index is -4.91. The van der Waals surface area contributed by atoms with Crippen molar-refractivity contribution in [3.8, 4) is 5.75 Å². The van der Waals surface area contributed by atoms with Gasteiger partial charge in [0.25, 0.3) is 0 Å². The summed E-state index contributed by atoms with van der Waals surface area (Å²) in [7, 11) is 1.55. The van der Waals surface area contributed by atoms with Crippen LogP contribution in [-0.2, 0) is 30.1 Å². The van der Waals surface area contributed by atoms with Crippen LogP contribution in [0.2, 0.25) is 0 Å². The highest BCUT2D eigenvalue weighted by Gasteiger charge is 2.41. The van der Waals surface area contributed by atoms with E-state index in [9.17, 15) is 31.1 Å². The number of methoxy groups -OCH3 is 1. The molecule has 3 unspecified atom stereocenters. The van der Waals surface area contributed by atoms with Crippen LogP contribution in [0.4, 0.5) is 31.1 Å². The number of hydrogen-bond acceptors (Lipinski definition) is 4. The topological polar surface area (TPSA) is 50.8 Å². The van der Waals surface area contributed by atoms with Crippen LogP contribution in [0.25, 0.3) is 0 Å². The molecule has 0 aliphatic carbocycles. The molecule has 2 aromatic carbocycles. The fourth-order valence-corrected chi connectivity index (χ4v) is 5.11. The molecule has 3 rings (SSSR count). The summed E-state index contributed by atoms with van der Waals surface area (Å²) in [4.78, 5) is 15.1. The third kappa shape index (κ3) is 8.28. The number of alkyl halides is 6. The number of carbonyl (C=O) groups excluding carboxylic acids is 1. The normalized spacial score (nSPS) is 20.4. The number of carbonyl (C=O) groups is 1. The van der Waals surface area contributed by atoms with Gasteiger partial charge >= 0.3 is 18.4 Å². The maximum atomic E-state index is 13.3. The summed E-state index contributed by atoms with van der Waals surface area (Å²) in [5.41, 5.74) is -2.67. The average molecular weight is 575 g/mol. The third-order valence-electron chi connectivity index (χ3n) is 6.87. The van der Waals surface area contributed by atoms with Crippen LogP contribution in [0, 0.1) is 0 Å². The number of hydrogen-bond donors (Lipinski definition) is 1. The molecule has 1 aliphatic heterocycles. The Hall–Kier alpha value is -2.95. The van der Waals surface area contributed by atoms with E-state index < -0.39 is 35.2 Å². The molecule has 1 amide bonds. The van der Waals surface area contributed by atoms with Gasteiger partial charge in [0, 0.05) is 24.7 Å². The van der Waals surface area contributed by atoms with Gasteiger partial charge in [0.05, 0.1) is 18.2 Å². The Morgan fingerprint density at radius 3 is 2.05 bits per heavy atom. The first-order valence-corrected chi connectivity index (χ1v) is 13.2. The Morgan fingerprint density at radius 2 is 1.52 bits per heavy atom. The molecule has 0 radical (unpaired) electrons. The quantitative estimate of drug-likeness (QED) is 0.346. The standard InChI is InChI=1S/C29H36F6N2O3/c1-6-23-15-22(36-17-18-11-20(28(30,31)32)14-21(12-18)29(33,34)35)16-24(37(23)26(38)40-27(2,3)4)13-19-9-7-8-10-25(19)39-5/h7-12,14,22-24,36H,6,13,15-17H2,1-5H3. The number of benzene rings is 2. The number of nitrogens with zero attached hydrogens (tertiary/aromatic N) is 1. The van der Waals surface area contributed by atoms with E-state index in [1.54, 1.807) is 32.8 Å². The zero-order chi connectivity index (χ0) is 29.9. The van der Waals surface area contributed by atoms with Crippen LogP contribution in [0.15, 0.2) is 42.5 Å². The minimum absolute atomic E-state index is 0.119. The number of halogens is 6. The second-order valence-electron chi connectivity index (χ2n) is 11.1. The summed E-state index contributed by atoms with van der Waals surface area (Å²) in [6.45, 7) is 7.06. The van der Waals surface area contributed by atoms with Crippen molar-refractivity contribution in [3.05, 3.63) is 64.7 Å². The van der Waals surface area contributed by atoms with Crippen LogP contribution in [0.3, 0.4) is 0 Å². The van der Waals surface area contributed by atoms with Gasteiger partial charge in [-0.3, -0.25) is 0 Å². The van der Waals surface area contributed by atoms with Gasteiger partial charge < -0.3 is 19.7 Å². The molecule has 0 aromatic heterocycles. The lowest BCUT2D eigenvalue weighted by Crippen LogP contribution is -2.57. The van der Waals surface area contributed by atoms with Crippen molar-refractivity contribution in [2.24, 2.45) is 0 Å². The molecule has 1 aliphatic rings. The van der Waals surface area contributed by atoms with Crippen LogP contribution in [-0.4, -0.2) is 41.8 Å². The smallest absolute Gasteiger partial charge is 0.416 e. The van der Waals surface area contributed by atoms with E-state index in [0.29, 0.717) is 31.4 Å². The van der Waals surface area contributed by atoms with Crippen molar-refractivity contribution in [3.63, 3.8) is 0 Å². The molecular formula is C29H36F6N2O3. The van der Waals surface area contributed by atoms with Crippen molar-refractivity contribution in [2.45, 2.75) is 96.0 Å². The highest BCUT2D eigenvalue weighted by atomic mass is 19.4. The number of ether oxygens (including phenoxy) is 2. The number of nitrogens with one attached hydrogen (secondary N) is 1. The van der Waals surface area contributed by atoms with Gasteiger partial charge in [0.1, 0.15) is 11.4 Å². The first kappa shape index (κ1) is 31.6. The third-order valence-corrected chi connectivity index (χ3v) is 6.87. The van der Waals surface area contributed by atoms with Gasteiger partial charge in [0.15, 0.2) is 0 Å². The minimum Gasteiger partial charge on any atom is -0.496 e. The molecule has 222 valence electrons. The highest BCUT2D eigenvalue weighted by molar-refractivity contribution is 5.69. The summed E-state index contributed by atoms with van der Waals surface area (Å²) >= 11 is 0. The molecule has 40 heavy (non-hydrogen) atoms. The molecule has 1 fully saturated rings. The molecule has 5 nitrogen and oxygen atoms in total. The van der Waals surface area contributed by atoms with Gasteiger partial charge in [0.2, 0.25) is 0 Å². The Bertz CT molecular complexity index is 1130. The Kier molecular flexibility index (Phi) is 9.70. The number of likely N-dealkylation sites (tertiary alicyclic amines) is 1. The van der Waals surface area contributed by atoms with Gasteiger partial charge in [-0.1, -0.05) is 25.1 Å². The second kappa shape index (κ2) is 12.3. The lowest BCUT2D eigenvalue weighted by molar-refractivity contribution is -0.143. The Labute approximate surface area is 230 Å². The van der Waals surface area contributed by atoms with E-state index in [-0.39, 0.29) is 36.3 Å². The zero-order valence-corrected chi connectivity index (χ0v) is 23.2. The van der Waals surface area contributed by atoms with Crippen LogP contribution < -0.4 is 10.1 Å². The van der Waals surface area contributed by atoms with E-state index in [0.717, 1.165) is 17.7 Å². The maximum absolute atomic E-state index is 13.3. The summed E-state index contributed by atoms with van der Waals surface area (Å²) in [6.07, 6.45) is -8.40. The Balaban J connectivity index is 1.89. The first-order chi connectivity index (χ1) is 18.5. The lowest BCUT2D eigenvalue weighted by Gasteiger charge is -2.45. The summed E-state index contributed by atoms with van der Waals surface area (Å²) in [6, 6.07) is 8.12. The molecule has 1 saturated heterocycles. The van der Waals surface area contributed by atoms with E-state index in [2.05, 4.69) is 5.32 Å². The van der Waals surface area contributed by atoms with Gasteiger partial charge in [-0.25, -0.2) is 4.79 Å². The summed E-state index contributed by atoms with van der Waals surface area (Å²) < 4.78 is 91.2. The van der Waals surface area contributed by atoms with Crippen molar-refractivity contribution in [2.75, 3.05) is 7.11 Å². The lowest BCUT2D eigenvalue weighted by atomic mass is 9.86. The fourth-order valence-electron chi connectivity index (χ4n) is 5.11. The van der Waals surface area contributed by atoms with Crippen LogP contribution in [0.5, 0.6) is 5.75 Å². The summed E-state index contributed by atoms with van der Waals surface area (Å²) in [5, 5.41) is 3.17. The monoisotopic (exact) mass is 574 g/mol. The van der Waals surface area contributed by atoms with Gasteiger partial charge in [-0.15, -0.1) is 0 Å². The molecule has 11 heteroatoms. The SMILES string of the molecule is CCC1CC(NCc2cc(C(F)(F)F)cc(C(F)(F)F)c2)CC(Cc2ccccc2OC)N1C(=O)OC(C)(C)C. The van der Waals surface area contributed by atoms with Crippen molar-refractivity contribution >= 4 is 6.09 Å². The van der Waals surface area contributed by atoms with E-state index in [1.165, 1.54) is 0 Å². The van der Waals surface area contributed by atoms with E-state index in [4.69, 9.17) is 9.47 Å². The maximum Gasteiger partial charge on any atom is 0.416 e. The molecule has 0 spiro atoms. The van der Waals surface area contributed by atoms with Gasteiger partial charge in [-0.2, -0.15) is 26.3 Å². The number of amides is 1. The fraction of sp³-hybridized carbons (Fsp3) is 0.552. The summed E-state index contributed by atoms with van der Waals surface area (Å²) in [5.74, 6) is 0.651. The Morgan fingerprint density at radius 1 is 0.950 bits per heavy atom. The molecule has 0 saturated carbocycles. The molecule has 0 bridgehead atoms.